The standard InChI is InChI=1S/C19H24N4O3/c1-14-7-9-16(10-8-14)20-18(24)13-26-19(25)17-12-23(22-21-17)11-15-5-3-2-4-6-15/h2-6,12,14,16H,7-11,13H2,1H3,(H,20,24). The molecule has 1 aliphatic carbocycles. The number of aromatic nitrogens is 3. The molecule has 1 aromatic carbocycles. The first kappa shape index (κ1) is 18.1. The van der Waals surface area contributed by atoms with Crippen LogP contribution in [0.1, 0.15) is 48.7 Å². The lowest BCUT2D eigenvalue weighted by Gasteiger charge is -2.26. The Bertz CT molecular complexity index is 736. The molecule has 2 aromatic rings. The van der Waals surface area contributed by atoms with E-state index in [1.165, 1.54) is 6.20 Å². The molecule has 1 aliphatic rings. The minimum absolute atomic E-state index is 0.0974. The summed E-state index contributed by atoms with van der Waals surface area (Å²) in [6.45, 7) is 2.45. The third kappa shape index (κ3) is 5.15. The zero-order chi connectivity index (χ0) is 18.4. The summed E-state index contributed by atoms with van der Waals surface area (Å²) in [6.07, 6.45) is 5.73. The Balaban J connectivity index is 1.44. The van der Waals surface area contributed by atoms with Crippen molar-refractivity contribution in [3.63, 3.8) is 0 Å². The van der Waals surface area contributed by atoms with Gasteiger partial charge in [0.05, 0.1) is 12.7 Å². The zero-order valence-corrected chi connectivity index (χ0v) is 14.9. The highest BCUT2D eigenvalue weighted by Gasteiger charge is 2.21. The molecule has 1 aromatic heterocycles. The van der Waals surface area contributed by atoms with Gasteiger partial charge in [-0.3, -0.25) is 4.79 Å². The summed E-state index contributed by atoms with van der Waals surface area (Å²) in [5, 5.41) is 10.7. The quantitative estimate of drug-likeness (QED) is 0.802. The van der Waals surface area contributed by atoms with Crippen molar-refractivity contribution < 1.29 is 14.3 Å². The van der Waals surface area contributed by atoms with Crippen LogP contribution < -0.4 is 5.32 Å². The average Bonchev–Trinajstić information content (AvgIpc) is 3.11. The van der Waals surface area contributed by atoms with Crippen molar-refractivity contribution in [2.75, 3.05) is 6.61 Å². The van der Waals surface area contributed by atoms with E-state index in [4.69, 9.17) is 4.74 Å². The Hall–Kier alpha value is -2.70. The van der Waals surface area contributed by atoms with Crippen LogP contribution in [-0.4, -0.2) is 39.5 Å². The van der Waals surface area contributed by atoms with Crippen LogP contribution in [0.4, 0.5) is 0 Å². The number of rotatable bonds is 6. The number of hydrogen-bond donors (Lipinski definition) is 1. The molecule has 1 heterocycles. The molecule has 0 unspecified atom stereocenters. The summed E-state index contributed by atoms with van der Waals surface area (Å²) in [5.74, 6) is -0.189. The van der Waals surface area contributed by atoms with Crippen LogP contribution in [0.2, 0.25) is 0 Å². The zero-order valence-electron chi connectivity index (χ0n) is 14.9. The van der Waals surface area contributed by atoms with E-state index in [-0.39, 0.29) is 24.2 Å². The average molecular weight is 356 g/mol. The predicted octanol–water partition coefficient (Wildman–Crippen LogP) is 2.18. The number of ether oxygens (including phenoxy) is 1. The van der Waals surface area contributed by atoms with Gasteiger partial charge in [-0.1, -0.05) is 42.5 Å². The lowest BCUT2D eigenvalue weighted by Crippen LogP contribution is -2.39. The highest BCUT2D eigenvalue weighted by atomic mass is 16.5. The highest BCUT2D eigenvalue weighted by molar-refractivity contribution is 5.89. The fourth-order valence-corrected chi connectivity index (χ4v) is 3.12. The van der Waals surface area contributed by atoms with Crippen molar-refractivity contribution in [2.24, 2.45) is 5.92 Å². The molecule has 0 aliphatic heterocycles. The van der Waals surface area contributed by atoms with Crippen molar-refractivity contribution in [1.82, 2.24) is 20.3 Å². The van der Waals surface area contributed by atoms with Crippen LogP contribution in [0, 0.1) is 5.92 Å². The minimum Gasteiger partial charge on any atom is -0.451 e. The minimum atomic E-state index is -0.642. The van der Waals surface area contributed by atoms with Crippen LogP contribution in [0.3, 0.4) is 0 Å². The van der Waals surface area contributed by atoms with Crippen molar-refractivity contribution in [3.05, 3.63) is 47.8 Å². The Kier molecular flexibility index (Phi) is 5.99. The molecular formula is C19H24N4O3. The van der Waals surface area contributed by atoms with Gasteiger partial charge in [0, 0.05) is 6.04 Å². The Morgan fingerprint density at radius 1 is 1.19 bits per heavy atom. The second-order valence-electron chi connectivity index (χ2n) is 6.89. The summed E-state index contributed by atoms with van der Waals surface area (Å²) < 4.78 is 6.61. The van der Waals surface area contributed by atoms with Gasteiger partial charge in [0.25, 0.3) is 5.91 Å². The maximum Gasteiger partial charge on any atom is 0.361 e. The van der Waals surface area contributed by atoms with Gasteiger partial charge in [0.1, 0.15) is 0 Å². The van der Waals surface area contributed by atoms with Crippen LogP contribution in [0.25, 0.3) is 0 Å². The van der Waals surface area contributed by atoms with Gasteiger partial charge in [-0.15, -0.1) is 5.10 Å². The number of nitrogens with one attached hydrogen (secondary N) is 1. The van der Waals surface area contributed by atoms with Crippen molar-refractivity contribution in [2.45, 2.75) is 45.2 Å². The van der Waals surface area contributed by atoms with Gasteiger partial charge < -0.3 is 10.1 Å². The largest absolute Gasteiger partial charge is 0.451 e. The Morgan fingerprint density at radius 3 is 2.65 bits per heavy atom. The van der Waals surface area contributed by atoms with Gasteiger partial charge in [-0.25, -0.2) is 9.48 Å². The van der Waals surface area contributed by atoms with E-state index >= 15 is 0 Å². The van der Waals surface area contributed by atoms with E-state index < -0.39 is 5.97 Å². The molecule has 1 N–H and O–H groups in total. The fourth-order valence-electron chi connectivity index (χ4n) is 3.12. The van der Waals surface area contributed by atoms with Gasteiger partial charge in [0.15, 0.2) is 12.3 Å². The molecule has 0 spiro atoms. The van der Waals surface area contributed by atoms with Crippen molar-refractivity contribution in [1.29, 1.82) is 0 Å². The second-order valence-corrected chi connectivity index (χ2v) is 6.89. The van der Waals surface area contributed by atoms with E-state index in [2.05, 4.69) is 22.6 Å². The second kappa shape index (κ2) is 8.60. The van der Waals surface area contributed by atoms with Crippen LogP contribution in [-0.2, 0) is 16.1 Å². The first-order valence-corrected chi connectivity index (χ1v) is 9.00. The number of amides is 1. The normalized spacial score (nSPS) is 19.7. The first-order valence-electron chi connectivity index (χ1n) is 9.00. The number of carbonyl (C=O) groups excluding carboxylic acids is 2. The summed E-state index contributed by atoms with van der Waals surface area (Å²) in [7, 11) is 0. The van der Waals surface area contributed by atoms with Crippen LogP contribution >= 0.6 is 0 Å². The van der Waals surface area contributed by atoms with Gasteiger partial charge in [-0.2, -0.15) is 0 Å². The molecule has 1 amide bonds. The molecule has 0 atom stereocenters. The monoisotopic (exact) mass is 356 g/mol. The molecule has 1 fully saturated rings. The molecule has 0 radical (unpaired) electrons. The molecular weight excluding hydrogens is 332 g/mol. The maximum absolute atomic E-state index is 12.0. The number of carbonyl (C=O) groups is 2. The third-order valence-electron chi connectivity index (χ3n) is 4.65. The summed E-state index contributed by atoms with van der Waals surface area (Å²) in [5.41, 5.74) is 1.15. The van der Waals surface area contributed by atoms with Gasteiger partial charge in [0.2, 0.25) is 0 Å². The molecule has 7 heteroatoms. The van der Waals surface area contributed by atoms with E-state index in [1.54, 1.807) is 4.68 Å². The van der Waals surface area contributed by atoms with E-state index in [1.807, 2.05) is 30.3 Å². The summed E-state index contributed by atoms with van der Waals surface area (Å²) in [6, 6.07) is 9.93. The van der Waals surface area contributed by atoms with Gasteiger partial charge in [-0.05, 0) is 37.2 Å². The molecule has 0 bridgehead atoms. The Morgan fingerprint density at radius 2 is 1.92 bits per heavy atom. The smallest absolute Gasteiger partial charge is 0.361 e. The molecule has 138 valence electrons. The van der Waals surface area contributed by atoms with Crippen molar-refractivity contribution >= 4 is 11.9 Å². The first-order chi connectivity index (χ1) is 12.6. The molecule has 0 saturated heterocycles. The highest BCUT2D eigenvalue weighted by Crippen LogP contribution is 2.23. The van der Waals surface area contributed by atoms with Gasteiger partial charge >= 0.3 is 5.97 Å². The molecule has 26 heavy (non-hydrogen) atoms. The van der Waals surface area contributed by atoms with E-state index in [9.17, 15) is 9.59 Å². The number of nitrogens with zero attached hydrogens (tertiary/aromatic N) is 3. The molecule has 1 saturated carbocycles. The van der Waals surface area contributed by atoms with Crippen LogP contribution in [0.15, 0.2) is 36.5 Å². The fraction of sp³-hybridized carbons (Fsp3) is 0.474. The SMILES string of the molecule is CC1CCC(NC(=O)COC(=O)c2cn(Cc3ccccc3)nn2)CC1. The van der Waals surface area contributed by atoms with Crippen molar-refractivity contribution in [3.8, 4) is 0 Å². The van der Waals surface area contributed by atoms with Crippen LogP contribution in [0.5, 0.6) is 0 Å². The lowest BCUT2D eigenvalue weighted by atomic mass is 9.87. The van der Waals surface area contributed by atoms with E-state index in [0.717, 1.165) is 37.2 Å². The topological polar surface area (TPSA) is 86.1 Å². The Labute approximate surface area is 152 Å². The lowest BCUT2D eigenvalue weighted by molar-refractivity contribution is -0.125. The van der Waals surface area contributed by atoms with E-state index in [0.29, 0.717) is 6.54 Å². The number of hydrogen-bond acceptors (Lipinski definition) is 5. The predicted molar refractivity (Wildman–Crippen MR) is 95.4 cm³/mol. The summed E-state index contributed by atoms with van der Waals surface area (Å²) in [4.78, 5) is 24.0. The third-order valence-corrected chi connectivity index (χ3v) is 4.65. The maximum atomic E-state index is 12.0. The summed E-state index contributed by atoms with van der Waals surface area (Å²) >= 11 is 0. The number of esters is 1. The molecule has 3 rings (SSSR count). The number of benzene rings is 1. The molecule has 7 nitrogen and oxygen atoms in total.